The van der Waals surface area contributed by atoms with E-state index in [-0.39, 0.29) is 6.54 Å². The molecule has 3 aromatic rings. The Morgan fingerprint density at radius 3 is 2.57 bits per heavy atom. The van der Waals surface area contributed by atoms with Crippen molar-refractivity contribution < 1.29 is 9.90 Å². The quantitative estimate of drug-likeness (QED) is 0.749. The van der Waals surface area contributed by atoms with Crippen LogP contribution in [0.5, 0.6) is 0 Å². The van der Waals surface area contributed by atoms with Crippen molar-refractivity contribution >= 4 is 28.8 Å². The van der Waals surface area contributed by atoms with Crippen molar-refractivity contribution in [2.45, 2.75) is 11.4 Å². The lowest BCUT2D eigenvalue weighted by atomic mass is 10.2. The smallest absolute Gasteiger partial charge is 0.323 e. The number of carboxylic acid groups (broad SMARTS) is 1. The van der Waals surface area contributed by atoms with Crippen molar-refractivity contribution in [3.63, 3.8) is 0 Å². The van der Waals surface area contributed by atoms with Crippen molar-refractivity contribution in [1.82, 2.24) is 9.55 Å². The molecule has 0 spiro atoms. The SMILES string of the molecule is CSc1ccc(-c2nc3ccccc3n2CC(=O)O)cc1. The van der Waals surface area contributed by atoms with Crippen molar-refractivity contribution in [2.75, 3.05) is 6.26 Å². The summed E-state index contributed by atoms with van der Waals surface area (Å²) in [5, 5.41) is 9.15. The Hall–Kier alpha value is -2.27. The zero-order chi connectivity index (χ0) is 14.8. The summed E-state index contributed by atoms with van der Waals surface area (Å²) in [5.74, 6) is -0.189. The number of para-hydroxylation sites is 2. The van der Waals surface area contributed by atoms with Gasteiger partial charge in [0, 0.05) is 10.5 Å². The maximum Gasteiger partial charge on any atom is 0.323 e. The second-order valence-electron chi connectivity index (χ2n) is 4.63. The van der Waals surface area contributed by atoms with Crippen molar-refractivity contribution in [3.8, 4) is 11.4 Å². The number of fused-ring (bicyclic) bond motifs is 1. The van der Waals surface area contributed by atoms with E-state index in [1.807, 2.05) is 54.8 Å². The third kappa shape index (κ3) is 2.64. The number of aromatic nitrogens is 2. The number of hydrogen-bond acceptors (Lipinski definition) is 3. The minimum atomic E-state index is -0.875. The molecule has 0 aliphatic rings. The topological polar surface area (TPSA) is 55.1 Å². The van der Waals surface area contributed by atoms with E-state index in [0.29, 0.717) is 5.82 Å². The Kier molecular flexibility index (Phi) is 3.66. The first-order chi connectivity index (χ1) is 10.2. The molecular weight excluding hydrogens is 284 g/mol. The molecule has 0 bridgehead atoms. The van der Waals surface area contributed by atoms with E-state index in [9.17, 15) is 4.79 Å². The average Bonchev–Trinajstić information content (AvgIpc) is 2.86. The molecule has 0 aliphatic heterocycles. The number of nitrogens with zero attached hydrogens (tertiary/aromatic N) is 2. The van der Waals surface area contributed by atoms with Gasteiger partial charge in [-0.25, -0.2) is 4.98 Å². The highest BCUT2D eigenvalue weighted by molar-refractivity contribution is 7.98. The Balaban J connectivity index is 2.17. The molecule has 21 heavy (non-hydrogen) atoms. The molecule has 0 saturated heterocycles. The van der Waals surface area contributed by atoms with Crippen LogP contribution in [0.2, 0.25) is 0 Å². The number of carboxylic acids is 1. The standard InChI is InChI=1S/C16H14N2O2S/c1-21-12-8-6-11(7-9-12)16-17-13-4-2-3-5-14(13)18(16)10-15(19)20/h2-9H,10H2,1H3,(H,19,20). The van der Waals surface area contributed by atoms with E-state index in [4.69, 9.17) is 5.11 Å². The van der Waals surface area contributed by atoms with Crippen LogP contribution >= 0.6 is 11.8 Å². The van der Waals surface area contributed by atoms with Gasteiger partial charge in [0.25, 0.3) is 0 Å². The third-order valence-electron chi connectivity index (χ3n) is 3.30. The molecule has 0 atom stereocenters. The molecule has 1 heterocycles. The van der Waals surface area contributed by atoms with E-state index in [1.54, 1.807) is 16.3 Å². The third-order valence-corrected chi connectivity index (χ3v) is 4.04. The summed E-state index contributed by atoms with van der Waals surface area (Å²) in [6.07, 6.45) is 2.02. The number of benzene rings is 2. The molecule has 2 aromatic carbocycles. The summed E-state index contributed by atoms with van der Waals surface area (Å²) < 4.78 is 1.74. The van der Waals surface area contributed by atoms with Crippen LogP contribution in [0.3, 0.4) is 0 Å². The number of aliphatic carboxylic acids is 1. The molecule has 5 heteroatoms. The summed E-state index contributed by atoms with van der Waals surface area (Å²) in [6, 6.07) is 15.6. The second-order valence-corrected chi connectivity index (χ2v) is 5.51. The first-order valence-corrected chi connectivity index (χ1v) is 7.73. The summed E-state index contributed by atoms with van der Waals surface area (Å²) >= 11 is 1.67. The first-order valence-electron chi connectivity index (χ1n) is 6.50. The van der Waals surface area contributed by atoms with Gasteiger partial charge in [-0.15, -0.1) is 11.8 Å². The van der Waals surface area contributed by atoms with Crippen molar-refractivity contribution in [1.29, 1.82) is 0 Å². The molecule has 0 radical (unpaired) electrons. The number of thioether (sulfide) groups is 1. The van der Waals surface area contributed by atoms with Crippen molar-refractivity contribution in [2.24, 2.45) is 0 Å². The normalized spacial score (nSPS) is 10.9. The lowest BCUT2D eigenvalue weighted by molar-refractivity contribution is -0.137. The van der Waals surface area contributed by atoms with Gasteiger partial charge < -0.3 is 9.67 Å². The molecule has 0 saturated carbocycles. The van der Waals surface area contributed by atoms with Gasteiger partial charge in [0.15, 0.2) is 0 Å². The molecule has 1 N–H and O–H groups in total. The van der Waals surface area contributed by atoms with Gasteiger partial charge >= 0.3 is 5.97 Å². The molecule has 0 amide bonds. The molecule has 4 nitrogen and oxygen atoms in total. The molecule has 3 rings (SSSR count). The Morgan fingerprint density at radius 1 is 1.19 bits per heavy atom. The molecule has 0 fully saturated rings. The molecule has 1 aromatic heterocycles. The van der Waals surface area contributed by atoms with Gasteiger partial charge in [0.05, 0.1) is 11.0 Å². The predicted molar refractivity (Wildman–Crippen MR) is 84.6 cm³/mol. The average molecular weight is 298 g/mol. The van der Waals surface area contributed by atoms with Crippen LogP contribution in [0.15, 0.2) is 53.4 Å². The maximum atomic E-state index is 11.1. The largest absolute Gasteiger partial charge is 0.480 e. The van der Waals surface area contributed by atoms with Crippen molar-refractivity contribution in [3.05, 3.63) is 48.5 Å². The van der Waals surface area contributed by atoms with Crippen LogP contribution in [0, 0.1) is 0 Å². The van der Waals surface area contributed by atoms with Crippen LogP contribution in [0.25, 0.3) is 22.4 Å². The van der Waals surface area contributed by atoms with E-state index < -0.39 is 5.97 Å². The van der Waals surface area contributed by atoms with Gasteiger partial charge in [0.2, 0.25) is 0 Å². The molecule has 0 unspecified atom stereocenters. The number of hydrogen-bond donors (Lipinski definition) is 1. The van der Waals surface area contributed by atoms with E-state index >= 15 is 0 Å². The van der Waals surface area contributed by atoms with Crippen LogP contribution in [-0.2, 0) is 11.3 Å². The van der Waals surface area contributed by atoms with E-state index in [0.717, 1.165) is 16.6 Å². The fraction of sp³-hybridized carbons (Fsp3) is 0.125. The number of rotatable bonds is 4. The van der Waals surface area contributed by atoms with Gasteiger partial charge in [-0.05, 0) is 30.5 Å². The summed E-state index contributed by atoms with van der Waals surface area (Å²) in [5.41, 5.74) is 2.57. The van der Waals surface area contributed by atoms with Crippen LogP contribution in [-0.4, -0.2) is 26.9 Å². The minimum absolute atomic E-state index is 0.0971. The second kappa shape index (κ2) is 5.61. The van der Waals surface area contributed by atoms with Gasteiger partial charge in [-0.2, -0.15) is 0 Å². The zero-order valence-corrected chi connectivity index (χ0v) is 12.3. The van der Waals surface area contributed by atoms with Gasteiger partial charge in [-0.1, -0.05) is 24.3 Å². The number of carbonyl (C=O) groups is 1. The zero-order valence-electron chi connectivity index (χ0n) is 11.5. The Bertz CT molecular complexity index is 794. The van der Waals surface area contributed by atoms with E-state index in [1.165, 1.54) is 4.90 Å². The predicted octanol–water partition coefficient (Wildman–Crippen LogP) is 3.51. The Labute approximate surface area is 126 Å². The lowest BCUT2D eigenvalue weighted by Gasteiger charge is -2.07. The first kappa shape index (κ1) is 13.7. The Morgan fingerprint density at radius 2 is 1.90 bits per heavy atom. The lowest BCUT2D eigenvalue weighted by Crippen LogP contribution is -2.09. The van der Waals surface area contributed by atoms with Gasteiger partial charge in [-0.3, -0.25) is 4.79 Å². The maximum absolute atomic E-state index is 11.1. The highest BCUT2D eigenvalue weighted by Gasteiger charge is 2.14. The molecule has 106 valence electrons. The summed E-state index contributed by atoms with van der Waals surface area (Å²) in [7, 11) is 0. The highest BCUT2D eigenvalue weighted by atomic mass is 32.2. The number of imidazole rings is 1. The minimum Gasteiger partial charge on any atom is -0.480 e. The molecular formula is C16H14N2O2S. The summed E-state index contributed by atoms with van der Waals surface area (Å²) in [4.78, 5) is 16.9. The fourth-order valence-electron chi connectivity index (χ4n) is 2.33. The highest BCUT2D eigenvalue weighted by Crippen LogP contribution is 2.26. The molecule has 0 aliphatic carbocycles. The van der Waals surface area contributed by atoms with Crippen LogP contribution in [0.4, 0.5) is 0 Å². The fourth-order valence-corrected chi connectivity index (χ4v) is 2.74. The van der Waals surface area contributed by atoms with E-state index in [2.05, 4.69) is 4.98 Å². The van der Waals surface area contributed by atoms with Gasteiger partial charge in [0.1, 0.15) is 12.4 Å². The van der Waals surface area contributed by atoms with Crippen LogP contribution < -0.4 is 0 Å². The monoisotopic (exact) mass is 298 g/mol. The van der Waals surface area contributed by atoms with Crippen LogP contribution in [0.1, 0.15) is 0 Å². The summed E-state index contributed by atoms with van der Waals surface area (Å²) in [6.45, 7) is -0.0971.